The molecular weight excluding hydrogens is 274 g/mol. The first kappa shape index (κ1) is 13.1. The molecule has 1 aromatic carbocycles. The highest BCUT2D eigenvalue weighted by Crippen LogP contribution is 2.24. The molecule has 104 valence electrons. The summed E-state index contributed by atoms with van der Waals surface area (Å²) in [4.78, 5) is 29.5. The summed E-state index contributed by atoms with van der Waals surface area (Å²) in [6.07, 6.45) is 1.02. The maximum absolute atomic E-state index is 12.2. The van der Waals surface area contributed by atoms with Crippen LogP contribution >= 0.6 is 11.3 Å². The van der Waals surface area contributed by atoms with Gasteiger partial charge >= 0.3 is 0 Å². The Hall–Kier alpha value is -1.95. The van der Waals surface area contributed by atoms with Gasteiger partial charge in [0.1, 0.15) is 6.04 Å². The molecule has 2 aromatic rings. The number of rotatable bonds is 4. The zero-order valence-electron chi connectivity index (χ0n) is 11.1. The van der Waals surface area contributed by atoms with Gasteiger partial charge in [0.25, 0.3) is 5.91 Å². The summed E-state index contributed by atoms with van der Waals surface area (Å²) < 4.78 is 1.07. The second kappa shape index (κ2) is 5.20. The molecule has 3 rings (SSSR count). The van der Waals surface area contributed by atoms with Crippen LogP contribution in [-0.2, 0) is 9.59 Å². The lowest BCUT2D eigenvalue weighted by molar-refractivity contribution is -0.138. The van der Waals surface area contributed by atoms with E-state index in [1.807, 2.05) is 25.1 Å². The molecule has 0 spiro atoms. The molecule has 20 heavy (non-hydrogen) atoms. The Morgan fingerprint density at radius 2 is 2.30 bits per heavy atom. The van der Waals surface area contributed by atoms with Gasteiger partial charge in [-0.15, -0.1) is 11.3 Å². The molecule has 1 aliphatic heterocycles. The highest BCUT2D eigenvalue weighted by atomic mass is 32.1. The average Bonchev–Trinajstić information content (AvgIpc) is 2.99. The molecule has 1 atom stereocenters. The zero-order valence-corrected chi connectivity index (χ0v) is 11.9. The van der Waals surface area contributed by atoms with E-state index < -0.39 is 6.04 Å². The summed E-state index contributed by atoms with van der Waals surface area (Å²) >= 11 is 1.56. The second-order valence-electron chi connectivity index (χ2n) is 4.82. The van der Waals surface area contributed by atoms with Crippen LogP contribution in [0.3, 0.4) is 0 Å². The molecule has 1 aliphatic rings. The van der Waals surface area contributed by atoms with Crippen molar-refractivity contribution in [2.45, 2.75) is 25.8 Å². The number of hydrogen-bond acceptors (Lipinski definition) is 5. The molecule has 0 saturated carbocycles. The van der Waals surface area contributed by atoms with Crippen molar-refractivity contribution in [3.63, 3.8) is 0 Å². The number of anilines is 1. The Balaban J connectivity index is 1.77. The van der Waals surface area contributed by atoms with Gasteiger partial charge < -0.3 is 5.32 Å². The van der Waals surface area contributed by atoms with Gasteiger partial charge in [0.15, 0.2) is 0 Å². The predicted molar refractivity (Wildman–Crippen MR) is 78.7 cm³/mol. The Morgan fingerprint density at radius 1 is 1.45 bits per heavy atom. The fraction of sp³-hybridized carbons (Fsp3) is 0.357. The smallest absolute Gasteiger partial charge is 0.252 e. The molecule has 2 heterocycles. The number of carbonyl (C=O) groups excluding carboxylic acids is 2. The van der Waals surface area contributed by atoms with Gasteiger partial charge in [0.05, 0.1) is 22.1 Å². The number of hydrogen-bond donors (Lipinski definition) is 1. The lowest BCUT2D eigenvalue weighted by Gasteiger charge is -2.15. The van der Waals surface area contributed by atoms with Crippen LogP contribution in [0.4, 0.5) is 5.69 Å². The Labute approximate surface area is 120 Å². The van der Waals surface area contributed by atoms with Crippen molar-refractivity contribution >= 4 is 39.1 Å². The SMILES string of the molecule is CCCN1C(=O)CC(Nc2ccc3ncsc3c2)C1=O. The maximum Gasteiger partial charge on any atom is 0.252 e. The van der Waals surface area contributed by atoms with E-state index in [0.29, 0.717) is 6.54 Å². The third-order valence-electron chi connectivity index (χ3n) is 3.36. The molecule has 5 nitrogen and oxygen atoms in total. The molecule has 1 aromatic heterocycles. The largest absolute Gasteiger partial charge is 0.373 e. The van der Waals surface area contributed by atoms with Gasteiger partial charge in [-0.3, -0.25) is 14.5 Å². The number of fused-ring (bicyclic) bond motifs is 1. The summed E-state index contributed by atoms with van der Waals surface area (Å²) in [5, 5.41) is 3.16. The zero-order chi connectivity index (χ0) is 14.1. The molecule has 1 saturated heterocycles. The van der Waals surface area contributed by atoms with Gasteiger partial charge in [0, 0.05) is 12.2 Å². The van der Waals surface area contributed by atoms with E-state index in [1.165, 1.54) is 4.90 Å². The van der Waals surface area contributed by atoms with Crippen LogP contribution in [0.2, 0.25) is 0 Å². The minimum atomic E-state index is -0.445. The van der Waals surface area contributed by atoms with Gasteiger partial charge in [-0.25, -0.2) is 4.98 Å². The molecule has 6 heteroatoms. The van der Waals surface area contributed by atoms with Crippen LogP contribution in [0.5, 0.6) is 0 Å². The van der Waals surface area contributed by atoms with Crippen molar-refractivity contribution in [3.8, 4) is 0 Å². The monoisotopic (exact) mass is 289 g/mol. The summed E-state index contributed by atoms with van der Waals surface area (Å²) in [6, 6.07) is 5.33. The maximum atomic E-state index is 12.2. The summed E-state index contributed by atoms with van der Waals surface area (Å²) in [7, 11) is 0. The van der Waals surface area contributed by atoms with E-state index in [9.17, 15) is 9.59 Å². The lowest BCUT2D eigenvalue weighted by Crippen LogP contribution is -2.35. The molecule has 1 unspecified atom stereocenters. The van der Waals surface area contributed by atoms with Crippen LogP contribution in [0.1, 0.15) is 19.8 Å². The molecular formula is C14H15N3O2S. The summed E-state index contributed by atoms with van der Waals surface area (Å²) in [5.74, 6) is -0.213. The van der Waals surface area contributed by atoms with E-state index in [2.05, 4.69) is 10.3 Å². The predicted octanol–water partition coefficient (Wildman–Crippen LogP) is 2.25. The fourth-order valence-corrected chi connectivity index (χ4v) is 3.12. The topological polar surface area (TPSA) is 62.3 Å². The van der Waals surface area contributed by atoms with E-state index in [1.54, 1.807) is 16.8 Å². The highest BCUT2D eigenvalue weighted by Gasteiger charge is 2.37. The van der Waals surface area contributed by atoms with E-state index in [4.69, 9.17) is 0 Å². The molecule has 0 aliphatic carbocycles. The van der Waals surface area contributed by atoms with Crippen molar-refractivity contribution in [1.82, 2.24) is 9.88 Å². The van der Waals surface area contributed by atoms with Crippen molar-refractivity contribution in [2.75, 3.05) is 11.9 Å². The fourth-order valence-electron chi connectivity index (χ4n) is 2.40. The van der Waals surface area contributed by atoms with Crippen molar-refractivity contribution in [3.05, 3.63) is 23.7 Å². The number of likely N-dealkylation sites (tertiary alicyclic amines) is 1. The van der Waals surface area contributed by atoms with Gasteiger partial charge in [-0.05, 0) is 24.6 Å². The van der Waals surface area contributed by atoms with Crippen LogP contribution < -0.4 is 5.32 Å². The van der Waals surface area contributed by atoms with Crippen molar-refractivity contribution < 1.29 is 9.59 Å². The minimum Gasteiger partial charge on any atom is -0.373 e. The lowest BCUT2D eigenvalue weighted by atomic mass is 10.2. The molecule has 0 bridgehead atoms. The van der Waals surface area contributed by atoms with Gasteiger partial charge in [-0.1, -0.05) is 6.92 Å². The van der Waals surface area contributed by atoms with Crippen LogP contribution in [0.25, 0.3) is 10.2 Å². The first-order chi connectivity index (χ1) is 9.69. The number of thiazole rings is 1. The first-order valence-electron chi connectivity index (χ1n) is 6.63. The third-order valence-corrected chi connectivity index (χ3v) is 4.16. The second-order valence-corrected chi connectivity index (χ2v) is 5.71. The van der Waals surface area contributed by atoms with E-state index in [-0.39, 0.29) is 18.2 Å². The van der Waals surface area contributed by atoms with Gasteiger partial charge in [-0.2, -0.15) is 0 Å². The number of carbonyl (C=O) groups is 2. The number of benzene rings is 1. The van der Waals surface area contributed by atoms with Crippen LogP contribution in [0, 0.1) is 0 Å². The molecule has 1 fully saturated rings. The first-order valence-corrected chi connectivity index (χ1v) is 7.51. The number of nitrogens with zero attached hydrogens (tertiary/aromatic N) is 2. The van der Waals surface area contributed by atoms with E-state index in [0.717, 1.165) is 22.3 Å². The van der Waals surface area contributed by atoms with Gasteiger partial charge in [0.2, 0.25) is 5.91 Å². The highest BCUT2D eigenvalue weighted by molar-refractivity contribution is 7.16. The number of nitrogens with one attached hydrogen (secondary N) is 1. The molecule has 1 N–H and O–H groups in total. The quantitative estimate of drug-likeness (QED) is 0.877. The molecule has 0 radical (unpaired) electrons. The Kier molecular flexibility index (Phi) is 3.40. The standard InChI is InChI=1S/C14H15N3O2S/c1-2-5-17-13(18)7-11(14(17)19)16-9-3-4-10-12(6-9)20-8-15-10/h3-4,6,8,11,16H,2,5,7H2,1H3. The van der Waals surface area contributed by atoms with Crippen LogP contribution in [0.15, 0.2) is 23.7 Å². The third kappa shape index (κ3) is 2.27. The van der Waals surface area contributed by atoms with E-state index >= 15 is 0 Å². The van der Waals surface area contributed by atoms with Crippen LogP contribution in [-0.4, -0.2) is 34.3 Å². The number of imide groups is 1. The summed E-state index contributed by atoms with van der Waals surface area (Å²) in [5.41, 5.74) is 3.59. The Bertz CT molecular complexity index is 667. The summed E-state index contributed by atoms with van der Waals surface area (Å²) in [6.45, 7) is 2.46. The average molecular weight is 289 g/mol. The Morgan fingerprint density at radius 3 is 3.10 bits per heavy atom. The van der Waals surface area contributed by atoms with Crippen molar-refractivity contribution in [2.24, 2.45) is 0 Å². The number of amides is 2. The van der Waals surface area contributed by atoms with Crippen molar-refractivity contribution in [1.29, 1.82) is 0 Å². The molecule has 2 amide bonds. The normalized spacial score (nSPS) is 19.1. The number of aromatic nitrogens is 1. The minimum absolute atomic E-state index is 0.0896.